The van der Waals surface area contributed by atoms with Gasteiger partial charge in [0.25, 0.3) is 0 Å². The number of aliphatic hydroxyl groups excluding tert-OH is 1. The summed E-state index contributed by atoms with van der Waals surface area (Å²) in [5.74, 6) is 1.86. The zero-order chi connectivity index (χ0) is 25.2. The van der Waals surface area contributed by atoms with Crippen LogP contribution in [0.15, 0.2) is 60.8 Å². The first-order valence-corrected chi connectivity index (χ1v) is 13.1. The smallest absolute Gasteiger partial charge is 0.122 e. The highest BCUT2D eigenvalue weighted by Gasteiger charge is 2.19. The molecule has 2 heterocycles. The van der Waals surface area contributed by atoms with E-state index < -0.39 is 0 Å². The predicted molar refractivity (Wildman–Crippen MR) is 145 cm³/mol. The van der Waals surface area contributed by atoms with E-state index in [1.807, 2.05) is 36.5 Å². The standard InChI is InChI=1S/C30H39N3O3/c1-23-27(10-5-12-29(23)35-19-7-15-31-21-25-9-3-4-16-32-25)28-11-6-13-30(24(28)2)36-20-8-17-33-18-14-26(34)22-33/h3-6,9-13,16,26,31,34H,7-8,14-15,17-22H2,1-2H3/t26-/m1/s1. The summed E-state index contributed by atoms with van der Waals surface area (Å²) in [6.07, 6.45) is 4.42. The van der Waals surface area contributed by atoms with Crippen LogP contribution >= 0.6 is 0 Å². The number of pyridine rings is 1. The molecule has 6 nitrogen and oxygen atoms in total. The fourth-order valence-corrected chi connectivity index (χ4v) is 4.71. The number of ether oxygens (including phenoxy) is 2. The minimum atomic E-state index is -0.165. The molecule has 0 saturated carbocycles. The first-order chi connectivity index (χ1) is 17.6. The van der Waals surface area contributed by atoms with Gasteiger partial charge in [0.05, 0.1) is 25.0 Å². The van der Waals surface area contributed by atoms with E-state index in [1.165, 1.54) is 11.1 Å². The Hall–Kier alpha value is -2.93. The number of rotatable bonds is 13. The van der Waals surface area contributed by atoms with Crippen molar-refractivity contribution in [2.24, 2.45) is 0 Å². The second kappa shape index (κ2) is 13.4. The van der Waals surface area contributed by atoms with Crippen molar-refractivity contribution in [1.82, 2.24) is 15.2 Å². The van der Waals surface area contributed by atoms with Gasteiger partial charge in [-0.15, -0.1) is 0 Å². The number of aromatic nitrogens is 1. The van der Waals surface area contributed by atoms with Crippen molar-refractivity contribution >= 4 is 0 Å². The van der Waals surface area contributed by atoms with Crippen LogP contribution in [-0.2, 0) is 6.54 Å². The molecule has 1 aliphatic heterocycles. The van der Waals surface area contributed by atoms with Crippen LogP contribution in [0.25, 0.3) is 11.1 Å². The van der Waals surface area contributed by atoms with Gasteiger partial charge in [-0.1, -0.05) is 30.3 Å². The van der Waals surface area contributed by atoms with Gasteiger partial charge < -0.3 is 24.8 Å². The Morgan fingerprint density at radius 2 is 1.61 bits per heavy atom. The Labute approximate surface area is 215 Å². The van der Waals surface area contributed by atoms with Crippen molar-refractivity contribution in [2.45, 2.75) is 45.8 Å². The molecule has 1 fully saturated rings. The van der Waals surface area contributed by atoms with Gasteiger partial charge in [-0.3, -0.25) is 4.98 Å². The van der Waals surface area contributed by atoms with E-state index in [9.17, 15) is 5.11 Å². The van der Waals surface area contributed by atoms with Crippen LogP contribution in [0.5, 0.6) is 11.5 Å². The molecule has 0 unspecified atom stereocenters. The summed E-state index contributed by atoms with van der Waals surface area (Å²) in [4.78, 5) is 6.64. The highest BCUT2D eigenvalue weighted by molar-refractivity contribution is 5.74. The van der Waals surface area contributed by atoms with Crippen molar-refractivity contribution in [3.05, 3.63) is 77.6 Å². The molecule has 0 bridgehead atoms. The summed E-state index contributed by atoms with van der Waals surface area (Å²) >= 11 is 0. The van der Waals surface area contributed by atoms with Gasteiger partial charge in [-0.25, -0.2) is 0 Å². The number of β-amino-alcohol motifs (C(OH)–C–C–N with tert-alkyl or cyclic N) is 1. The summed E-state index contributed by atoms with van der Waals surface area (Å²) < 4.78 is 12.3. The molecule has 2 aromatic carbocycles. The number of hydrogen-bond donors (Lipinski definition) is 2. The molecule has 1 atom stereocenters. The highest BCUT2D eigenvalue weighted by atomic mass is 16.5. The maximum Gasteiger partial charge on any atom is 0.122 e. The fraction of sp³-hybridized carbons (Fsp3) is 0.433. The Morgan fingerprint density at radius 3 is 2.22 bits per heavy atom. The average molecular weight is 490 g/mol. The van der Waals surface area contributed by atoms with Gasteiger partial charge in [-0.2, -0.15) is 0 Å². The summed E-state index contributed by atoms with van der Waals surface area (Å²) in [6, 6.07) is 18.5. The molecule has 3 aromatic rings. The average Bonchev–Trinajstić information content (AvgIpc) is 3.31. The van der Waals surface area contributed by atoms with Crippen LogP contribution in [0.3, 0.4) is 0 Å². The van der Waals surface area contributed by atoms with E-state index in [2.05, 4.69) is 53.3 Å². The maximum atomic E-state index is 9.69. The number of benzene rings is 2. The van der Waals surface area contributed by atoms with Gasteiger partial charge in [-0.05, 0) is 86.2 Å². The zero-order valence-electron chi connectivity index (χ0n) is 21.6. The first-order valence-electron chi connectivity index (χ1n) is 13.1. The van der Waals surface area contributed by atoms with E-state index in [1.54, 1.807) is 0 Å². The molecule has 2 N–H and O–H groups in total. The van der Waals surface area contributed by atoms with Crippen LogP contribution in [-0.4, -0.2) is 60.5 Å². The normalized spacial score (nSPS) is 15.8. The monoisotopic (exact) mass is 489 g/mol. The van der Waals surface area contributed by atoms with Crippen molar-refractivity contribution in [1.29, 1.82) is 0 Å². The Bertz CT molecular complexity index is 1090. The van der Waals surface area contributed by atoms with Crippen molar-refractivity contribution in [3.8, 4) is 22.6 Å². The SMILES string of the molecule is Cc1c(OCCCNCc2ccccn2)cccc1-c1cccc(OCCCN2CC[C@@H](O)C2)c1C. The molecule has 1 saturated heterocycles. The van der Waals surface area contributed by atoms with Crippen LogP contribution in [0, 0.1) is 13.8 Å². The van der Waals surface area contributed by atoms with Gasteiger partial charge in [0, 0.05) is 32.4 Å². The highest BCUT2D eigenvalue weighted by Crippen LogP contribution is 2.35. The van der Waals surface area contributed by atoms with Crippen molar-refractivity contribution in [2.75, 3.05) is 39.4 Å². The molecule has 1 aromatic heterocycles. The van der Waals surface area contributed by atoms with Gasteiger partial charge >= 0.3 is 0 Å². The lowest BCUT2D eigenvalue weighted by molar-refractivity contribution is 0.173. The molecule has 4 rings (SSSR count). The largest absolute Gasteiger partial charge is 0.493 e. The minimum absolute atomic E-state index is 0.165. The number of nitrogens with zero attached hydrogens (tertiary/aromatic N) is 2. The van der Waals surface area contributed by atoms with Crippen LogP contribution in [0.1, 0.15) is 36.1 Å². The van der Waals surface area contributed by atoms with Crippen LogP contribution < -0.4 is 14.8 Å². The van der Waals surface area contributed by atoms with E-state index in [0.717, 1.165) is 80.3 Å². The van der Waals surface area contributed by atoms with Crippen LogP contribution in [0.4, 0.5) is 0 Å². The molecule has 0 amide bonds. The second-order valence-electron chi connectivity index (χ2n) is 9.50. The third-order valence-electron chi connectivity index (χ3n) is 6.77. The minimum Gasteiger partial charge on any atom is -0.493 e. The third-order valence-corrected chi connectivity index (χ3v) is 6.77. The van der Waals surface area contributed by atoms with Crippen molar-refractivity contribution < 1.29 is 14.6 Å². The number of likely N-dealkylation sites (tertiary alicyclic amines) is 1. The topological polar surface area (TPSA) is 66.8 Å². The maximum absolute atomic E-state index is 9.69. The molecule has 0 aliphatic carbocycles. The second-order valence-corrected chi connectivity index (χ2v) is 9.50. The lowest BCUT2D eigenvalue weighted by atomic mass is 9.95. The van der Waals surface area contributed by atoms with Gasteiger partial charge in [0.1, 0.15) is 11.5 Å². The Kier molecular flexibility index (Phi) is 9.73. The Balaban J connectivity index is 1.28. The first kappa shape index (κ1) is 26.1. The van der Waals surface area contributed by atoms with E-state index >= 15 is 0 Å². The molecule has 36 heavy (non-hydrogen) atoms. The molecule has 6 heteroatoms. The van der Waals surface area contributed by atoms with E-state index in [-0.39, 0.29) is 6.10 Å². The molecule has 0 radical (unpaired) electrons. The predicted octanol–water partition coefficient (Wildman–Crippen LogP) is 4.76. The molecule has 1 aliphatic rings. The molecular formula is C30H39N3O3. The third kappa shape index (κ3) is 7.29. The van der Waals surface area contributed by atoms with Gasteiger partial charge in [0.15, 0.2) is 0 Å². The summed E-state index contributed by atoms with van der Waals surface area (Å²) in [7, 11) is 0. The lowest BCUT2D eigenvalue weighted by Gasteiger charge is -2.18. The summed E-state index contributed by atoms with van der Waals surface area (Å²) in [6.45, 7) is 9.97. The van der Waals surface area contributed by atoms with E-state index in [4.69, 9.17) is 9.47 Å². The van der Waals surface area contributed by atoms with Crippen molar-refractivity contribution in [3.63, 3.8) is 0 Å². The molecule has 192 valence electrons. The summed E-state index contributed by atoms with van der Waals surface area (Å²) in [5.41, 5.74) is 5.69. The molecule has 0 spiro atoms. The Morgan fingerprint density at radius 1 is 0.917 bits per heavy atom. The number of nitrogens with one attached hydrogen (secondary N) is 1. The quantitative estimate of drug-likeness (QED) is 0.338. The zero-order valence-corrected chi connectivity index (χ0v) is 21.6. The van der Waals surface area contributed by atoms with E-state index in [0.29, 0.717) is 13.2 Å². The molecular weight excluding hydrogens is 450 g/mol. The number of aliphatic hydroxyl groups is 1. The lowest BCUT2D eigenvalue weighted by Crippen LogP contribution is -2.24. The van der Waals surface area contributed by atoms with Gasteiger partial charge in [0.2, 0.25) is 0 Å². The summed E-state index contributed by atoms with van der Waals surface area (Å²) in [5, 5.41) is 13.1. The number of hydrogen-bond acceptors (Lipinski definition) is 6. The van der Waals surface area contributed by atoms with Crippen LogP contribution in [0.2, 0.25) is 0 Å². The fourth-order valence-electron chi connectivity index (χ4n) is 4.71.